The number of nitrogens with one attached hydrogen (secondary N) is 1. The van der Waals surface area contributed by atoms with Gasteiger partial charge in [-0.15, -0.1) is 0 Å². The zero-order valence-electron chi connectivity index (χ0n) is 22.1. The average Bonchev–Trinajstić information content (AvgIpc) is 3.56. The molecule has 0 radical (unpaired) electrons. The average molecular weight is 593 g/mol. The number of anilines is 3. The molecule has 5 rings (SSSR count). The molecule has 4 aromatic heterocycles. The molecule has 0 bridgehead atoms. The zero-order valence-corrected chi connectivity index (χ0v) is 23.7. The Morgan fingerprint density at radius 2 is 1.78 bits per heavy atom. The predicted octanol–water partition coefficient (Wildman–Crippen LogP) is 4.38. The molecular formula is C27H25FN8O3S2. The van der Waals surface area contributed by atoms with Crippen LogP contribution in [0.2, 0.25) is 0 Å². The van der Waals surface area contributed by atoms with E-state index < -0.39 is 22.4 Å². The van der Waals surface area contributed by atoms with Crippen LogP contribution in [0, 0.1) is 17.1 Å². The quantitative estimate of drug-likeness (QED) is 0.241. The summed E-state index contributed by atoms with van der Waals surface area (Å²) in [6, 6.07) is 11.9. The van der Waals surface area contributed by atoms with Gasteiger partial charge in [-0.2, -0.15) is 5.26 Å². The molecule has 41 heavy (non-hydrogen) atoms. The van der Waals surface area contributed by atoms with Gasteiger partial charge in [-0.25, -0.2) is 32.7 Å². The molecule has 0 aliphatic rings. The van der Waals surface area contributed by atoms with E-state index in [0.29, 0.717) is 45.4 Å². The SMILES string of the molecule is CCc1nc2ccc(-c3cnc(NS(=O)(=O)CCO)nc3)cn2c1N(CC)c1nc(-c2ccc(F)cc2)c(C#N)s1. The smallest absolute Gasteiger partial charge is 0.237 e. The van der Waals surface area contributed by atoms with Crippen molar-refractivity contribution in [3.05, 3.63) is 71.4 Å². The molecule has 0 saturated carbocycles. The molecule has 4 heterocycles. The number of aliphatic hydroxyl groups is 1. The normalized spacial score (nSPS) is 11.5. The Kier molecular flexibility index (Phi) is 7.93. The molecule has 0 fully saturated rings. The Morgan fingerprint density at radius 3 is 2.41 bits per heavy atom. The number of aryl methyl sites for hydroxylation is 1. The molecule has 0 saturated heterocycles. The molecular weight excluding hydrogens is 567 g/mol. The van der Waals surface area contributed by atoms with Crippen molar-refractivity contribution < 1.29 is 17.9 Å². The molecule has 11 nitrogen and oxygen atoms in total. The van der Waals surface area contributed by atoms with Crippen LogP contribution in [-0.2, 0) is 16.4 Å². The van der Waals surface area contributed by atoms with Crippen LogP contribution >= 0.6 is 11.3 Å². The van der Waals surface area contributed by atoms with Crippen LogP contribution in [0.5, 0.6) is 0 Å². The zero-order chi connectivity index (χ0) is 29.1. The summed E-state index contributed by atoms with van der Waals surface area (Å²) in [6.07, 6.45) is 5.56. The van der Waals surface area contributed by atoms with Crippen molar-refractivity contribution in [2.24, 2.45) is 0 Å². The molecule has 0 aliphatic heterocycles. The number of nitrogens with zero attached hydrogens (tertiary/aromatic N) is 7. The first-order chi connectivity index (χ1) is 19.8. The number of thiazole rings is 1. The van der Waals surface area contributed by atoms with Crippen LogP contribution in [0.15, 0.2) is 55.0 Å². The van der Waals surface area contributed by atoms with Crippen LogP contribution in [0.3, 0.4) is 0 Å². The number of halogens is 1. The highest BCUT2D eigenvalue weighted by molar-refractivity contribution is 7.92. The van der Waals surface area contributed by atoms with Crippen molar-refractivity contribution in [3.63, 3.8) is 0 Å². The topological polar surface area (TPSA) is 149 Å². The fourth-order valence-corrected chi connectivity index (χ4v) is 5.97. The molecule has 0 aliphatic carbocycles. The Morgan fingerprint density at radius 1 is 1.07 bits per heavy atom. The lowest BCUT2D eigenvalue weighted by Gasteiger charge is -2.21. The van der Waals surface area contributed by atoms with Crippen molar-refractivity contribution in [1.82, 2.24) is 24.3 Å². The monoisotopic (exact) mass is 592 g/mol. The third-order valence-corrected chi connectivity index (χ3v) is 8.42. The van der Waals surface area contributed by atoms with E-state index in [1.54, 1.807) is 12.1 Å². The van der Waals surface area contributed by atoms with Crippen LogP contribution in [-0.4, -0.2) is 56.8 Å². The number of aromatic nitrogens is 5. The molecule has 210 valence electrons. The Hall–Kier alpha value is -4.45. The van der Waals surface area contributed by atoms with Gasteiger partial charge in [0.2, 0.25) is 16.0 Å². The third kappa shape index (κ3) is 5.73. The fourth-order valence-electron chi connectivity index (χ4n) is 4.29. The third-order valence-electron chi connectivity index (χ3n) is 6.23. The lowest BCUT2D eigenvalue weighted by atomic mass is 10.1. The number of imidazole rings is 1. The summed E-state index contributed by atoms with van der Waals surface area (Å²) in [4.78, 5) is 20.3. The number of nitriles is 1. The van der Waals surface area contributed by atoms with E-state index in [2.05, 4.69) is 20.8 Å². The molecule has 2 N–H and O–H groups in total. The van der Waals surface area contributed by atoms with E-state index in [1.807, 2.05) is 41.5 Å². The minimum absolute atomic E-state index is 0.0916. The molecule has 0 amide bonds. The van der Waals surface area contributed by atoms with Crippen LogP contribution in [0.25, 0.3) is 28.0 Å². The summed E-state index contributed by atoms with van der Waals surface area (Å²) < 4.78 is 41.5. The number of hydrogen-bond acceptors (Lipinski definition) is 10. The Balaban J connectivity index is 1.55. The maximum absolute atomic E-state index is 13.5. The van der Waals surface area contributed by atoms with Crippen molar-refractivity contribution >= 4 is 43.9 Å². The van der Waals surface area contributed by atoms with E-state index in [1.165, 1.54) is 35.9 Å². The highest BCUT2D eigenvalue weighted by Crippen LogP contribution is 2.38. The van der Waals surface area contributed by atoms with Gasteiger partial charge in [0, 0.05) is 41.8 Å². The van der Waals surface area contributed by atoms with Crippen molar-refractivity contribution in [3.8, 4) is 28.5 Å². The lowest BCUT2D eigenvalue weighted by molar-refractivity contribution is 0.320. The van der Waals surface area contributed by atoms with Gasteiger partial charge in [-0.1, -0.05) is 18.3 Å². The highest BCUT2D eigenvalue weighted by atomic mass is 32.2. The summed E-state index contributed by atoms with van der Waals surface area (Å²) in [6.45, 7) is 4.02. The van der Waals surface area contributed by atoms with Gasteiger partial charge in [0.1, 0.15) is 33.9 Å². The first kappa shape index (κ1) is 28.1. The molecule has 0 atom stereocenters. The van der Waals surface area contributed by atoms with Crippen molar-refractivity contribution in [2.75, 3.05) is 28.5 Å². The second-order valence-corrected chi connectivity index (χ2v) is 11.7. The highest BCUT2D eigenvalue weighted by Gasteiger charge is 2.24. The molecule has 0 unspecified atom stereocenters. The summed E-state index contributed by atoms with van der Waals surface area (Å²) in [7, 11) is -3.74. The first-order valence-corrected chi connectivity index (χ1v) is 15.1. The van der Waals surface area contributed by atoms with Gasteiger partial charge >= 0.3 is 0 Å². The van der Waals surface area contributed by atoms with Crippen LogP contribution < -0.4 is 9.62 Å². The molecule has 14 heteroatoms. The van der Waals surface area contributed by atoms with E-state index >= 15 is 0 Å². The van der Waals surface area contributed by atoms with Gasteiger partial charge < -0.3 is 10.0 Å². The molecule has 0 spiro atoms. The van der Waals surface area contributed by atoms with Gasteiger partial charge in [-0.3, -0.25) is 9.12 Å². The summed E-state index contributed by atoms with van der Waals surface area (Å²) >= 11 is 1.25. The number of sulfonamides is 1. The van der Waals surface area contributed by atoms with E-state index in [9.17, 15) is 18.1 Å². The number of fused-ring (bicyclic) bond motifs is 1. The minimum atomic E-state index is -3.74. The molecule has 1 aromatic carbocycles. The molecule has 5 aromatic rings. The van der Waals surface area contributed by atoms with E-state index in [0.717, 1.165) is 17.1 Å². The minimum Gasteiger partial charge on any atom is -0.395 e. The van der Waals surface area contributed by atoms with Crippen molar-refractivity contribution in [2.45, 2.75) is 20.3 Å². The first-order valence-electron chi connectivity index (χ1n) is 12.7. The largest absolute Gasteiger partial charge is 0.395 e. The Bertz CT molecular complexity index is 1850. The van der Waals surface area contributed by atoms with Crippen LogP contribution in [0.4, 0.5) is 21.3 Å². The summed E-state index contributed by atoms with van der Waals surface area (Å²) in [5, 5.41) is 19.3. The fraction of sp³-hybridized carbons (Fsp3) is 0.222. The Labute approximate surface area is 239 Å². The number of benzene rings is 1. The predicted molar refractivity (Wildman–Crippen MR) is 155 cm³/mol. The summed E-state index contributed by atoms with van der Waals surface area (Å²) in [5.74, 6) is -0.113. The second kappa shape index (κ2) is 11.6. The maximum atomic E-state index is 13.5. The van der Waals surface area contributed by atoms with E-state index in [-0.39, 0.29) is 11.8 Å². The second-order valence-electron chi connectivity index (χ2n) is 8.86. The lowest BCUT2D eigenvalue weighted by Crippen LogP contribution is -2.20. The maximum Gasteiger partial charge on any atom is 0.237 e. The van der Waals surface area contributed by atoms with Gasteiger partial charge in [-0.05, 0) is 49.7 Å². The van der Waals surface area contributed by atoms with E-state index in [4.69, 9.17) is 15.1 Å². The van der Waals surface area contributed by atoms with Gasteiger partial charge in [0.05, 0.1) is 18.1 Å². The van der Waals surface area contributed by atoms with Crippen molar-refractivity contribution in [1.29, 1.82) is 5.26 Å². The number of rotatable bonds is 10. The van der Waals surface area contributed by atoms with Crippen LogP contribution in [0.1, 0.15) is 24.4 Å². The number of aliphatic hydroxyl groups excluding tert-OH is 1. The number of pyridine rings is 1. The van der Waals surface area contributed by atoms with Gasteiger partial charge in [0.15, 0.2) is 5.13 Å². The number of hydrogen-bond donors (Lipinski definition) is 2. The van der Waals surface area contributed by atoms with Gasteiger partial charge in [0.25, 0.3) is 0 Å². The standard InChI is InChI=1S/C27H25FN8O3S2/c1-3-21-25(35(4-2)27-33-24(22(13-29)40-27)17-5-8-20(28)9-6-17)36-16-18(7-10-23(36)32-21)19-14-30-26(31-15-19)34-41(38,39)12-11-37/h5-10,14-16,37H,3-4,11-12H2,1-2H3,(H,30,31,34). The summed E-state index contributed by atoms with van der Waals surface area (Å²) in [5.41, 5.74) is 4.11.